The zero-order chi connectivity index (χ0) is 51.0. The van der Waals surface area contributed by atoms with Gasteiger partial charge in [0.15, 0.2) is 19.7 Å². The van der Waals surface area contributed by atoms with E-state index in [0.29, 0.717) is 42.0 Å². The van der Waals surface area contributed by atoms with Crippen LogP contribution in [-0.2, 0) is 43.7 Å². The maximum Gasteiger partial charge on any atom is 0.569 e. The van der Waals surface area contributed by atoms with Crippen LogP contribution < -0.4 is 4.65 Å². The first kappa shape index (κ1) is 53.8. The molecular formula is C52H51BBrCl2N4O8S2. The summed E-state index contributed by atoms with van der Waals surface area (Å²) >= 11 is 16.1. The minimum atomic E-state index is -3.28. The van der Waals surface area contributed by atoms with E-state index in [4.69, 9.17) is 33.2 Å². The van der Waals surface area contributed by atoms with E-state index >= 15 is 0 Å². The molecule has 0 aliphatic heterocycles. The van der Waals surface area contributed by atoms with Crippen molar-refractivity contribution in [2.45, 2.75) is 61.5 Å². The summed E-state index contributed by atoms with van der Waals surface area (Å²) in [5.74, 6) is 1.88. The fraction of sp³-hybridized carbons (Fsp3) is 0.192. The third-order valence-corrected chi connectivity index (χ3v) is 14.2. The molecule has 0 aliphatic carbocycles. The zero-order valence-electron chi connectivity index (χ0n) is 39.1. The van der Waals surface area contributed by atoms with Crippen LogP contribution in [0.5, 0.6) is 5.75 Å². The molecule has 0 spiro atoms. The van der Waals surface area contributed by atoms with Crippen LogP contribution in [0.15, 0.2) is 172 Å². The van der Waals surface area contributed by atoms with Crippen molar-refractivity contribution in [2.24, 2.45) is 0 Å². The van der Waals surface area contributed by atoms with Crippen molar-refractivity contribution in [2.75, 3.05) is 12.5 Å². The number of halogens is 3. The topological polar surface area (TPSA) is 174 Å². The Morgan fingerprint density at radius 1 is 0.586 bits per heavy atom. The maximum atomic E-state index is 11.9. The molecule has 2 aromatic heterocycles. The van der Waals surface area contributed by atoms with Gasteiger partial charge in [-0.15, -0.1) is 0 Å². The number of benzene rings is 6. The van der Waals surface area contributed by atoms with Crippen LogP contribution in [0.1, 0.15) is 61.9 Å². The lowest BCUT2D eigenvalue weighted by atomic mass is 10.1. The molecule has 0 saturated carbocycles. The molecule has 1 radical (unpaired) electrons. The van der Waals surface area contributed by atoms with E-state index in [0.717, 1.165) is 56.0 Å². The average molecular weight is 1090 g/mol. The number of aliphatic hydroxyl groups is 2. The van der Waals surface area contributed by atoms with E-state index in [1.54, 1.807) is 52.0 Å². The molecule has 18 heteroatoms. The van der Waals surface area contributed by atoms with Gasteiger partial charge < -0.3 is 29.0 Å². The van der Waals surface area contributed by atoms with Crippen molar-refractivity contribution in [3.63, 3.8) is 0 Å². The van der Waals surface area contributed by atoms with Crippen LogP contribution in [0, 0.1) is 0 Å². The predicted octanol–water partition coefficient (Wildman–Crippen LogP) is 10.5. The lowest BCUT2D eigenvalue weighted by molar-refractivity contribution is 0.0736. The van der Waals surface area contributed by atoms with Gasteiger partial charge in [0.25, 0.3) is 0 Å². The molecule has 0 amide bonds. The fourth-order valence-corrected chi connectivity index (χ4v) is 8.90. The van der Waals surface area contributed by atoms with Gasteiger partial charge in [0, 0.05) is 63.6 Å². The Kier molecular flexibility index (Phi) is 17.4. The highest BCUT2D eigenvalue weighted by Crippen LogP contribution is 2.29. The van der Waals surface area contributed by atoms with Crippen molar-refractivity contribution >= 4 is 66.5 Å². The summed E-state index contributed by atoms with van der Waals surface area (Å²) in [7, 11) is -6.00. The van der Waals surface area contributed by atoms with Gasteiger partial charge >= 0.3 is 7.69 Å². The number of sulfone groups is 2. The monoisotopic (exact) mass is 1080 g/mol. The second-order valence-electron chi connectivity index (χ2n) is 17.3. The van der Waals surface area contributed by atoms with Crippen LogP contribution in [0.4, 0.5) is 0 Å². The van der Waals surface area contributed by atoms with Gasteiger partial charge in [0.05, 0.1) is 21.2 Å². The minimum absolute atomic E-state index is 0.159. The molecule has 8 rings (SSSR count). The summed E-state index contributed by atoms with van der Waals surface area (Å²) in [6, 6.07) is 43.9. The summed E-state index contributed by atoms with van der Waals surface area (Å²) in [6.07, 6.45) is 7.13. The van der Waals surface area contributed by atoms with Crippen molar-refractivity contribution < 1.29 is 36.7 Å². The second kappa shape index (κ2) is 22.7. The Labute approximate surface area is 428 Å². The maximum absolute atomic E-state index is 11.9. The van der Waals surface area contributed by atoms with E-state index in [2.05, 4.69) is 25.6 Å². The molecule has 6 aromatic carbocycles. The Bertz CT molecular complexity index is 3300. The molecule has 0 saturated heterocycles. The highest BCUT2D eigenvalue weighted by Gasteiger charge is 2.24. The van der Waals surface area contributed by atoms with E-state index in [1.807, 2.05) is 125 Å². The summed E-state index contributed by atoms with van der Waals surface area (Å²) < 4.78 is 55.5. The normalized spacial score (nSPS) is 11.8. The van der Waals surface area contributed by atoms with Gasteiger partial charge in [0.1, 0.15) is 28.6 Å². The zero-order valence-corrected chi connectivity index (χ0v) is 43.9. The summed E-state index contributed by atoms with van der Waals surface area (Å²) in [6.45, 7) is 6.88. The van der Waals surface area contributed by atoms with Gasteiger partial charge in [-0.2, -0.15) is 0 Å². The summed E-state index contributed by atoms with van der Waals surface area (Å²) in [4.78, 5) is 9.81. The molecule has 12 nitrogen and oxygen atoms in total. The molecule has 363 valence electrons. The van der Waals surface area contributed by atoms with Crippen molar-refractivity contribution in [3.8, 4) is 28.3 Å². The lowest BCUT2D eigenvalue weighted by Gasteiger charge is -2.13. The van der Waals surface area contributed by atoms with E-state index in [9.17, 15) is 27.0 Å². The number of hydrogen-bond donors (Lipinski definition) is 3. The third-order valence-electron chi connectivity index (χ3n) is 10.7. The van der Waals surface area contributed by atoms with Crippen LogP contribution in [0.25, 0.3) is 22.5 Å². The summed E-state index contributed by atoms with van der Waals surface area (Å²) in [5.41, 5.74) is 4.65. The minimum Gasteiger partial charge on any atom is -0.537 e. The molecular weight excluding hydrogens is 1030 g/mol. The second-order valence-corrected chi connectivity index (χ2v) is 23.0. The number of hydrogen-bond acceptors (Lipinski definition) is 10. The Hall–Kier alpha value is -5.56. The molecule has 3 N–H and O–H groups in total. The highest BCUT2D eigenvalue weighted by molar-refractivity contribution is 9.10. The van der Waals surface area contributed by atoms with Gasteiger partial charge in [0.2, 0.25) is 0 Å². The van der Waals surface area contributed by atoms with Crippen molar-refractivity contribution in [1.29, 1.82) is 0 Å². The standard InChI is InChI=1S/C26H25ClN2O3S.C19H18BrClN2O.C7H8BO4S/c1-26(2,30)24-17-29(25(28-24)16-20-7-4-5-10-23(20)27)21-13-11-18(12-14-21)19-8-6-9-22(15-19)33(3,31)32;1-19(2,24)17-12-23(15-9-7-14(20)8-10-15)18(22-17)11-13-5-3-4-6-16(13)21;1-13(10,11)7-4-2-3-6(5-7)12-8-9/h4-15,17,30H,16H2,1-3H3;3-10,12,24H,11H2,1-2H3;2-5,9H,1H3. The molecule has 70 heavy (non-hydrogen) atoms. The lowest BCUT2D eigenvalue weighted by Crippen LogP contribution is -2.16. The van der Waals surface area contributed by atoms with Crippen molar-refractivity contribution in [1.82, 2.24) is 19.1 Å². The molecule has 0 atom stereocenters. The highest BCUT2D eigenvalue weighted by atomic mass is 79.9. The van der Waals surface area contributed by atoms with E-state index < -0.39 is 30.9 Å². The largest absolute Gasteiger partial charge is 0.569 e. The van der Waals surface area contributed by atoms with Crippen LogP contribution in [-0.4, -0.2) is 71.4 Å². The number of aromatic nitrogens is 4. The number of rotatable bonds is 13. The van der Waals surface area contributed by atoms with Crippen LogP contribution >= 0.6 is 39.1 Å². The molecule has 0 aliphatic rings. The van der Waals surface area contributed by atoms with Gasteiger partial charge in [-0.1, -0.05) is 106 Å². The molecule has 0 bridgehead atoms. The quantitative estimate of drug-likeness (QED) is 0.0943. The fourth-order valence-electron chi connectivity index (χ4n) is 6.91. The van der Waals surface area contributed by atoms with Crippen molar-refractivity contribution in [3.05, 3.63) is 207 Å². The first-order chi connectivity index (χ1) is 32.9. The number of imidazole rings is 2. The first-order valence-electron chi connectivity index (χ1n) is 21.6. The van der Waals surface area contributed by atoms with Gasteiger partial charge in [-0.3, -0.25) is 0 Å². The first-order valence-corrected chi connectivity index (χ1v) is 26.9. The van der Waals surface area contributed by atoms with E-state index in [1.165, 1.54) is 24.5 Å². The smallest absolute Gasteiger partial charge is 0.537 e. The van der Waals surface area contributed by atoms with Gasteiger partial charge in [-0.25, -0.2) is 26.8 Å². The third kappa shape index (κ3) is 14.5. The van der Waals surface area contributed by atoms with Crippen LogP contribution in [0.3, 0.4) is 0 Å². The Balaban J connectivity index is 0.000000189. The Morgan fingerprint density at radius 2 is 1.01 bits per heavy atom. The number of nitrogens with zero attached hydrogens (tertiary/aromatic N) is 4. The van der Waals surface area contributed by atoms with E-state index in [-0.39, 0.29) is 15.5 Å². The molecule has 2 heterocycles. The SMILES string of the molecule is CC(C)(O)c1cn(-c2ccc(-c3cccc(S(C)(=O)=O)c3)cc2)c(Cc2ccccc2Cl)n1.CC(C)(O)c1cn(-c2ccc(Br)cc2)c(Cc2ccccc2Cl)n1.CS(=O)(=O)c1cccc(O[B]O)c1. The molecule has 8 aromatic rings. The molecule has 0 fully saturated rings. The Morgan fingerprint density at radius 3 is 1.44 bits per heavy atom. The van der Waals surface area contributed by atoms with Gasteiger partial charge in [-0.05, 0) is 129 Å². The molecule has 0 unspecified atom stereocenters. The van der Waals surface area contributed by atoms with Crippen LogP contribution in [0.2, 0.25) is 10.0 Å². The summed E-state index contributed by atoms with van der Waals surface area (Å²) in [5, 5.41) is 30.6. The predicted molar refractivity (Wildman–Crippen MR) is 281 cm³/mol. The average Bonchev–Trinajstić information content (AvgIpc) is 3.94.